The van der Waals surface area contributed by atoms with Gasteiger partial charge in [0.25, 0.3) is 0 Å². The summed E-state index contributed by atoms with van der Waals surface area (Å²) in [4.78, 5) is 14.5. The molecule has 0 saturated heterocycles. The van der Waals surface area contributed by atoms with E-state index in [0.29, 0.717) is 5.69 Å². The zero-order valence-corrected chi connectivity index (χ0v) is 9.95. The third-order valence-electron chi connectivity index (χ3n) is 2.59. The fraction of sp³-hybridized carbons (Fsp3) is 0.0769. The highest BCUT2D eigenvalue weighted by Crippen LogP contribution is 2.26. The molecule has 0 bridgehead atoms. The summed E-state index contributed by atoms with van der Waals surface area (Å²) in [5, 5.41) is 11.3. The van der Waals surface area contributed by atoms with Crippen molar-refractivity contribution in [1.29, 1.82) is 0 Å². The number of aromatic nitrogens is 1. The standard InChI is InChI=1S/C13H10F2N2O2/c1-7-2-3-16-6-11(7)17-12-9(14)4-8(13(18)19)5-10(12)15/h2-6,17H,1H3,(H,18,19). The minimum atomic E-state index is -1.39. The Morgan fingerprint density at radius 3 is 2.47 bits per heavy atom. The van der Waals surface area contributed by atoms with E-state index in [4.69, 9.17) is 5.11 Å². The molecule has 2 aromatic rings. The minimum Gasteiger partial charge on any atom is -0.478 e. The molecule has 0 aliphatic carbocycles. The molecule has 1 heterocycles. The minimum absolute atomic E-state index is 0.402. The van der Waals surface area contributed by atoms with Crippen LogP contribution in [0.5, 0.6) is 0 Å². The summed E-state index contributed by atoms with van der Waals surface area (Å²) in [5.41, 5.74) is 0.365. The molecule has 0 fully saturated rings. The molecule has 1 aromatic carbocycles. The highest BCUT2D eigenvalue weighted by molar-refractivity contribution is 5.88. The van der Waals surface area contributed by atoms with Gasteiger partial charge in [-0.3, -0.25) is 4.98 Å². The number of rotatable bonds is 3. The van der Waals surface area contributed by atoms with Crippen molar-refractivity contribution in [2.75, 3.05) is 5.32 Å². The molecule has 0 atom stereocenters. The largest absolute Gasteiger partial charge is 0.478 e. The first kappa shape index (κ1) is 12.9. The fourth-order valence-corrected chi connectivity index (χ4v) is 1.55. The van der Waals surface area contributed by atoms with Gasteiger partial charge in [0, 0.05) is 6.20 Å². The number of hydrogen-bond donors (Lipinski definition) is 2. The molecule has 0 aliphatic rings. The molecule has 19 heavy (non-hydrogen) atoms. The molecule has 2 rings (SSSR count). The van der Waals surface area contributed by atoms with Crippen molar-refractivity contribution in [3.63, 3.8) is 0 Å². The van der Waals surface area contributed by atoms with Crippen molar-refractivity contribution in [2.45, 2.75) is 6.92 Å². The van der Waals surface area contributed by atoms with E-state index in [9.17, 15) is 13.6 Å². The van der Waals surface area contributed by atoms with E-state index in [1.54, 1.807) is 19.2 Å². The number of halogens is 2. The van der Waals surface area contributed by atoms with Crippen LogP contribution in [-0.4, -0.2) is 16.1 Å². The van der Waals surface area contributed by atoms with Gasteiger partial charge < -0.3 is 10.4 Å². The van der Waals surface area contributed by atoms with Crippen LogP contribution in [0.4, 0.5) is 20.2 Å². The molecule has 0 spiro atoms. The van der Waals surface area contributed by atoms with Gasteiger partial charge in [-0.15, -0.1) is 0 Å². The lowest BCUT2D eigenvalue weighted by molar-refractivity contribution is 0.0696. The van der Waals surface area contributed by atoms with E-state index in [0.717, 1.165) is 17.7 Å². The summed E-state index contributed by atoms with van der Waals surface area (Å²) in [7, 11) is 0. The average molecular weight is 264 g/mol. The molecule has 0 unspecified atom stereocenters. The Bertz CT molecular complexity index is 621. The van der Waals surface area contributed by atoms with Crippen molar-refractivity contribution >= 4 is 17.3 Å². The number of nitrogens with zero attached hydrogens (tertiary/aromatic N) is 1. The highest BCUT2D eigenvalue weighted by Gasteiger charge is 2.15. The maximum atomic E-state index is 13.7. The van der Waals surface area contributed by atoms with Gasteiger partial charge in [-0.05, 0) is 30.7 Å². The Hall–Kier alpha value is -2.50. The summed E-state index contributed by atoms with van der Waals surface area (Å²) in [6.07, 6.45) is 2.99. The number of benzene rings is 1. The van der Waals surface area contributed by atoms with Crippen LogP contribution in [0.1, 0.15) is 15.9 Å². The maximum absolute atomic E-state index is 13.7. The Morgan fingerprint density at radius 2 is 1.95 bits per heavy atom. The first-order valence-corrected chi connectivity index (χ1v) is 5.39. The van der Waals surface area contributed by atoms with Crippen molar-refractivity contribution in [3.05, 3.63) is 53.4 Å². The molecule has 2 N–H and O–H groups in total. The topological polar surface area (TPSA) is 62.2 Å². The van der Waals surface area contributed by atoms with Crippen LogP contribution in [0, 0.1) is 18.6 Å². The fourth-order valence-electron chi connectivity index (χ4n) is 1.55. The number of aryl methyl sites for hydroxylation is 1. The molecule has 0 amide bonds. The molecule has 0 aliphatic heterocycles. The lowest BCUT2D eigenvalue weighted by atomic mass is 10.1. The number of carbonyl (C=O) groups is 1. The lowest BCUT2D eigenvalue weighted by Crippen LogP contribution is -2.04. The maximum Gasteiger partial charge on any atom is 0.335 e. The molecule has 6 heteroatoms. The molecule has 4 nitrogen and oxygen atoms in total. The van der Waals surface area contributed by atoms with E-state index in [1.807, 2.05) is 0 Å². The van der Waals surface area contributed by atoms with Gasteiger partial charge in [-0.1, -0.05) is 0 Å². The number of hydrogen-bond acceptors (Lipinski definition) is 3. The van der Waals surface area contributed by atoms with Crippen molar-refractivity contribution in [1.82, 2.24) is 4.98 Å². The zero-order chi connectivity index (χ0) is 14.0. The number of aromatic carboxylic acids is 1. The third kappa shape index (κ3) is 2.67. The monoisotopic (exact) mass is 264 g/mol. The molecule has 0 radical (unpaired) electrons. The van der Waals surface area contributed by atoms with Crippen molar-refractivity contribution in [3.8, 4) is 0 Å². The number of carboxylic acids is 1. The van der Waals surface area contributed by atoms with Gasteiger partial charge in [-0.2, -0.15) is 0 Å². The van der Waals surface area contributed by atoms with E-state index in [2.05, 4.69) is 10.3 Å². The Balaban J connectivity index is 2.42. The first-order valence-electron chi connectivity index (χ1n) is 5.39. The smallest absolute Gasteiger partial charge is 0.335 e. The van der Waals surface area contributed by atoms with Gasteiger partial charge in [0.2, 0.25) is 0 Å². The SMILES string of the molecule is Cc1ccncc1Nc1c(F)cc(C(=O)O)cc1F. The second-order valence-electron chi connectivity index (χ2n) is 3.94. The van der Waals surface area contributed by atoms with Gasteiger partial charge in [0.1, 0.15) is 5.69 Å². The Morgan fingerprint density at radius 1 is 1.32 bits per heavy atom. The predicted octanol–water partition coefficient (Wildman–Crippen LogP) is 3.11. The molecule has 98 valence electrons. The average Bonchev–Trinajstić information content (AvgIpc) is 2.35. The van der Waals surface area contributed by atoms with E-state index in [-0.39, 0.29) is 0 Å². The molecule has 1 aromatic heterocycles. The number of anilines is 2. The highest BCUT2D eigenvalue weighted by atomic mass is 19.1. The van der Waals surface area contributed by atoms with Crippen LogP contribution < -0.4 is 5.32 Å². The zero-order valence-electron chi connectivity index (χ0n) is 9.95. The quantitative estimate of drug-likeness (QED) is 0.894. The second-order valence-corrected chi connectivity index (χ2v) is 3.94. The number of pyridine rings is 1. The lowest BCUT2D eigenvalue weighted by Gasteiger charge is -2.11. The van der Waals surface area contributed by atoms with E-state index in [1.165, 1.54) is 6.20 Å². The number of nitrogens with one attached hydrogen (secondary N) is 1. The van der Waals surface area contributed by atoms with Crippen LogP contribution in [0.2, 0.25) is 0 Å². The molecule has 0 saturated carbocycles. The van der Waals surface area contributed by atoms with E-state index < -0.39 is 28.9 Å². The summed E-state index contributed by atoms with van der Waals surface area (Å²) in [5.74, 6) is -3.33. The van der Waals surface area contributed by atoms with Gasteiger partial charge in [-0.25, -0.2) is 13.6 Å². The van der Waals surface area contributed by atoms with Gasteiger partial charge >= 0.3 is 5.97 Å². The first-order chi connectivity index (χ1) is 8.99. The van der Waals surface area contributed by atoms with Crippen LogP contribution in [-0.2, 0) is 0 Å². The van der Waals surface area contributed by atoms with E-state index >= 15 is 0 Å². The molecular formula is C13H10F2N2O2. The van der Waals surface area contributed by atoms with Crippen LogP contribution >= 0.6 is 0 Å². The molecular weight excluding hydrogens is 254 g/mol. The van der Waals surface area contributed by atoms with Crippen LogP contribution in [0.15, 0.2) is 30.6 Å². The third-order valence-corrected chi connectivity index (χ3v) is 2.59. The number of carboxylic acid groups (broad SMARTS) is 1. The van der Waals surface area contributed by atoms with Crippen LogP contribution in [0.3, 0.4) is 0 Å². The van der Waals surface area contributed by atoms with Crippen molar-refractivity contribution in [2.24, 2.45) is 0 Å². The predicted molar refractivity (Wildman–Crippen MR) is 65.6 cm³/mol. The second kappa shape index (κ2) is 5.01. The van der Waals surface area contributed by atoms with Gasteiger partial charge in [0.15, 0.2) is 11.6 Å². The summed E-state index contributed by atoms with van der Waals surface area (Å²) in [6, 6.07) is 3.21. The normalized spacial score (nSPS) is 10.3. The summed E-state index contributed by atoms with van der Waals surface area (Å²) >= 11 is 0. The van der Waals surface area contributed by atoms with Crippen LogP contribution in [0.25, 0.3) is 0 Å². The van der Waals surface area contributed by atoms with Crippen molar-refractivity contribution < 1.29 is 18.7 Å². The van der Waals surface area contributed by atoms with Gasteiger partial charge in [0.05, 0.1) is 17.4 Å². The summed E-state index contributed by atoms with van der Waals surface area (Å²) in [6.45, 7) is 1.76. The Kier molecular flexibility index (Phi) is 3.41. The summed E-state index contributed by atoms with van der Waals surface area (Å²) < 4.78 is 27.4. The Labute approximate surface area is 107 Å².